The van der Waals surface area contributed by atoms with Crippen molar-refractivity contribution in [1.82, 2.24) is 0 Å². The highest BCUT2D eigenvalue weighted by atomic mass is 16.3. The first-order chi connectivity index (χ1) is 14.9. The number of aliphatic hydroxyl groups is 3. The smallest absolute Gasteiger partial charge is 0.255 e. The fraction of sp³-hybridized carbons (Fsp3) is 0.391. The van der Waals surface area contributed by atoms with Crippen molar-refractivity contribution in [2.45, 2.75) is 45.1 Å². The lowest BCUT2D eigenvalue weighted by atomic mass is 9.59. The zero-order valence-corrected chi connectivity index (χ0v) is 17.6. The van der Waals surface area contributed by atoms with E-state index in [-0.39, 0.29) is 36.0 Å². The second kappa shape index (κ2) is 7.03. The molecule has 1 saturated carbocycles. The summed E-state index contributed by atoms with van der Waals surface area (Å²) in [5.74, 6) is -7.28. The first-order valence-electron chi connectivity index (χ1n) is 10.3. The number of Topliss-reactive ketones (excluding diaryl/α,β-unsaturated/α-hetero) is 3. The van der Waals surface area contributed by atoms with Crippen molar-refractivity contribution < 1.29 is 39.6 Å². The fourth-order valence-electron chi connectivity index (χ4n) is 5.35. The Morgan fingerprint density at radius 1 is 1.19 bits per heavy atom. The second-order valence-electron chi connectivity index (χ2n) is 8.60. The summed E-state index contributed by atoms with van der Waals surface area (Å²) in [5, 5.41) is 43.5. The van der Waals surface area contributed by atoms with Gasteiger partial charge in [-0.25, -0.2) is 0 Å². The van der Waals surface area contributed by atoms with E-state index >= 15 is 0 Å². The quantitative estimate of drug-likeness (QED) is 0.343. The number of phenolic OH excluding ortho intramolecular Hbond substituents is 1. The molecule has 3 atom stereocenters. The van der Waals surface area contributed by atoms with Gasteiger partial charge in [0.25, 0.3) is 5.91 Å². The Morgan fingerprint density at radius 2 is 1.84 bits per heavy atom. The Morgan fingerprint density at radius 3 is 2.41 bits per heavy atom. The van der Waals surface area contributed by atoms with Crippen LogP contribution in [0.3, 0.4) is 0 Å². The fourth-order valence-corrected chi connectivity index (χ4v) is 5.35. The van der Waals surface area contributed by atoms with Crippen molar-refractivity contribution in [3.63, 3.8) is 0 Å². The average Bonchev–Trinajstić information content (AvgIpc) is 2.70. The highest BCUT2D eigenvalue weighted by Gasteiger charge is 2.60. The van der Waals surface area contributed by atoms with Gasteiger partial charge in [0.2, 0.25) is 5.78 Å². The minimum atomic E-state index is -2.60. The van der Waals surface area contributed by atoms with Gasteiger partial charge in [0.15, 0.2) is 17.2 Å². The molecule has 1 fully saturated rings. The van der Waals surface area contributed by atoms with Gasteiger partial charge in [0.1, 0.15) is 22.8 Å². The van der Waals surface area contributed by atoms with Crippen LogP contribution in [0, 0.1) is 11.8 Å². The maximum absolute atomic E-state index is 13.4. The summed E-state index contributed by atoms with van der Waals surface area (Å²) in [6.45, 7) is 3.12. The molecule has 1 aromatic carbocycles. The molecule has 9 heteroatoms. The lowest BCUT2D eigenvalue weighted by Gasteiger charge is -2.46. The summed E-state index contributed by atoms with van der Waals surface area (Å²) < 4.78 is 0. The summed E-state index contributed by atoms with van der Waals surface area (Å²) in [4.78, 5) is 49.5. The maximum Gasteiger partial charge on any atom is 0.255 e. The number of carbonyl (C=O) groups excluding carboxylic acids is 4. The molecule has 9 nitrogen and oxygen atoms in total. The molecule has 0 spiro atoms. The second-order valence-corrected chi connectivity index (χ2v) is 8.60. The lowest BCUT2D eigenvalue weighted by molar-refractivity contribution is -0.147. The molecule has 32 heavy (non-hydrogen) atoms. The highest BCUT2D eigenvalue weighted by Crippen LogP contribution is 2.52. The van der Waals surface area contributed by atoms with E-state index in [9.17, 15) is 39.6 Å². The van der Waals surface area contributed by atoms with E-state index in [0.717, 1.165) is 5.56 Å². The number of fused-ring (bicyclic) bond motifs is 3. The van der Waals surface area contributed by atoms with E-state index in [1.54, 1.807) is 6.07 Å². The minimum Gasteiger partial charge on any atom is -0.508 e. The van der Waals surface area contributed by atoms with Crippen molar-refractivity contribution in [3.05, 3.63) is 45.2 Å². The van der Waals surface area contributed by atoms with Gasteiger partial charge >= 0.3 is 0 Å². The molecular formula is C23H23NO8. The van der Waals surface area contributed by atoms with E-state index in [1.807, 2.05) is 6.92 Å². The van der Waals surface area contributed by atoms with Crippen LogP contribution in [0.1, 0.15) is 53.7 Å². The number of aliphatic hydroxyl groups excluding tert-OH is 2. The molecule has 3 aliphatic carbocycles. The molecule has 4 rings (SSSR count). The van der Waals surface area contributed by atoms with Gasteiger partial charge < -0.3 is 26.2 Å². The molecule has 0 aliphatic heterocycles. The average molecular weight is 441 g/mol. The zero-order chi connectivity index (χ0) is 23.7. The van der Waals surface area contributed by atoms with Crippen LogP contribution in [0.4, 0.5) is 0 Å². The summed E-state index contributed by atoms with van der Waals surface area (Å²) in [5.41, 5.74) is 2.76. The number of benzene rings is 1. The van der Waals surface area contributed by atoms with Gasteiger partial charge in [0, 0.05) is 17.9 Å². The van der Waals surface area contributed by atoms with Crippen LogP contribution in [-0.4, -0.2) is 49.3 Å². The van der Waals surface area contributed by atoms with Crippen LogP contribution in [0.2, 0.25) is 0 Å². The number of aromatic hydroxyl groups is 1. The van der Waals surface area contributed by atoms with Gasteiger partial charge in [-0.05, 0) is 49.3 Å². The number of nitrogens with two attached hydrogens (primary N) is 1. The third-order valence-electron chi connectivity index (χ3n) is 6.92. The van der Waals surface area contributed by atoms with E-state index < -0.39 is 63.5 Å². The van der Waals surface area contributed by atoms with E-state index in [0.29, 0.717) is 12.0 Å². The number of hydrogen-bond donors (Lipinski definition) is 5. The highest BCUT2D eigenvalue weighted by molar-refractivity contribution is 6.22. The van der Waals surface area contributed by atoms with E-state index in [4.69, 9.17) is 5.73 Å². The van der Waals surface area contributed by atoms with Gasteiger partial charge in [-0.2, -0.15) is 0 Å². The van der Waals surface area contributed by atoms with Crippen molar-refractivity contribution in [2.24, 2.45) is 17.6 Å². The van der Waals surface area contributed by atoms with Crippen LogP contribution in [-0.2, 0) is 27.2 Å². The van der Waals surface area contributed by atoms with Gasteiger partial charge in [-0.3, -0.25) is 19.2 Å². The SMILES string of the molecule is CCc1cc(C(C)=O)c(O)c2c1CC1CC3CC(=O)C(C(N)=O)=C(O)C3(O)C(=O)C1=C2O. The van der Waals surface area contributed by atoms with Gasteiger partial charge in [-0.1, -0.05) is 6.92 Å². The Kier molecular flexibility index (Phi) is 4.78. The normalized spacial score (nSPS) is 27.1. The largest absolute Gasteiger partial charge is 0.508 e. The first-order valence-corrected chi connectivity index (χ1v) is 10.3. The molecule has 0 aromatic heterocycles. The molecule has 1 amide bonds. The molecule has 1 aromatic rings. The zero-order valence-electron chi connectivity index (χ0n) is 17.6. The van der Waals surface area contributed by atoms with Gasteiger partial charge in [-0.15, -0.1) is 0 Å². The van der Waals surface area contributed by atoms with Crippen LogP contribution in [0.15, 0.2) is 23.0 Å². The molecule has 0 heterocycles. The lowest BCUT2D eigenvalue weighted by Crippen LogP contribution is -2.58. The van der Waals surface area contributed by atoms with Crippen molar-refractivity contribution in [2.75, 3.05) is 0 Å². The number of carbonyl (C=O) groups is 4. The molecule has 0 saturated heterocycles. The van der Waals surface area contributed by atoms with Crippen molar-refractivity contribution in [3.8, 4) is 5.75 Å². The minimum absolute atomic E-state index is 0.00642. The third kappa shape index (κ3) is 2.67. The maximum atomic E-state index is 13.4. The number of amides is 1. The first kappa shape index (κ1) is 21.8. The number of phenols is 1. The predicted octanol–water partition coefficient (Wildman–Crippen LogP) is 1.19. The molecule has 0 bridgehead atoms. The summed E-state index contributed by atoms with van der Waals surface area (Å²) >= 11 is 0. The topological polar surface area (TPSA) is 175 Å². The van der Waals surface area contributed by atoms with E-state index in [2.05, 4.69) is 0 Å². The van der Waals surface area contributed by atoms with Crippen LogP contribution >= 0.6 is 0 Å². The summed E-state index contributed by atoms with van der Waals surface area (Å²) in [7, 11) is 0. The van der Waals surface area contributed by atoms with Crippen molar-refractivity contribution >= 4 is 29.0 Å². The molecule has 3 aliphatic rings. The molecule has 6 N–H and O–H groups in total. The molecule has 3 unspecified atom stereocenters. The van der Waals surface area contributed by atoms with Crippen LogP contribution < -0.4 is 5.73 Å². The standard InChI is InChI=1S/C23H23NO8/c1-3-9-5-12(8(2)25)18(27)16-13(9)6-10-4-11-7-14(26)17(22(24)31)21(30)23(11,32)20(29)15(10)19(16)28/h5,10-11,27-28,30,32H,3-4,6-7H2,1-2H3,(H2,24,31). The monoisotopic (exact) mass is 441 g/mol. The third-order valence-corrected chi connectivity index (χ3v) is 6.92. The summed E-state index contributed by atoms with van der Waals surface area (Å²) in [6, 6.07) is 1.56. The molecule has 0 radical (unpaired) electrons. The summed E-state index contributed by atoms with van der Waals surface area (Å²) in [6.07, 6.45) is 0.436. The van der Waals surface area contributed by atoms with Crippen LogP contribution in [0.5, 0.6) is 5.75 Å². The molecule has 168 valence electrons. The Bertz CT molecular complexity index is 1190. The molecular weight excluding hydrogens is 418 g/mol. The van der Waals surface area contributed by atoms with Crippen LogP contribution in [0.25, 0.3) is 5.76 Å². The Hall–Kier alpha value is -3.46. The van der Waals surface area contributed by atoms with Gasteiger partial charge in [0.05, 0.1) is 11.1 Å². The van der Waals surface area contributed by atoms with Crippen molar-refractivity contribution in [1.29, 1.82) is 0 Å². The number of rotatable bonds is 3. The number of ketones is 3. The Labute approximate surface area is 182 Å². The predicted molar refractivity (Wildman–Crippen MR) is 111 cm³/mol. The number of aryl methyl sites for hydroxylation is 1. The Balaban J connectivity index is 1.98. The number of hydrogen-bond acceptors (Lipinski definition) is 8. The number of primary amides is 1. The van der Waals surface area contributed by atoms with E-state index in [1.165, 1.54) is 6.92 Å².